The number of carbonyl (C=O) groups is 2. The first-order chi connectivity index (χ1) is 16.9. The van der Waals surface area contributed by atoms with Crippen molar-refractivity contribution in [2.75, 3.05) is 19.0 Å². The summed E-state index contributed by atoms with van der Waals surface area (Å²) in [5, 5.41) is 6.59. The van der Waals surface area contributed by atoms with Crippen LogP contribution in [0.15, 0.2) is 76.6 Å². The van der Waals surface area contributed by atoms with E-state index in [0.29, 0.717) is 43.5 Å². The summed E-state index contributed by atoms with van der Waals surface area (Å²) in [7, 11) is 1.51. The van der Waals surface area contributed by atoms with Gasteiger partial charge in [0.2, 0.25) is 0 Å². The Hall–Kier alpha value is -3.75. The molecule has 1 fully saturated rings. The first-order valence-electron chi connectivity index (χ1n) is 10.6. The van der Waals surface area contributed by atoms with Crippen molar-refractivity contribution in [3.63, 3.8) is 0 Å². The second kappa shape index (κ2) is 11.1. The molecule has 0 atom stereocenters. The Morgan fingerprint density at radius 3 is 2.66 bits per heavy atom. The summed E-state index contributed by atoms with van der Waals surface area (Å²) in [5.41, 5.74) is 2.77. The van der Waals surface area contributed by atoms with Crippen LogP contribution in [0.5, 0.6) is 11.5 Å². The molecule has 0 bridgehead atoms. The fourth-order valence-corrected chi connectivity index (χ4v) is 4.26. The minimum Gasteiger partial charge on any atom is -0.493 e. The number of carbonyl (C=O) groups excluding carboxylic acids is 2. The molecule has 7 nitrogen and oxygen atoms in total. The molecule has 4 rings (SSSR count). The molecular weight excluding hydrogens is 486 g/mol. The molecule has 35 heavy (non-hydrogen) atoms. The van der Waals surface area contributed by atoms with Gasteiger partial charge < -0.3 is 20.1 Å². The van der Waals surface area contributed by atoms with E-state index < -0.39 is 0 Å². The van der Waals surface area contributed by atoms with Gasteiger partial charge in [-0.25, -0.2) is 4.99 Å². The molecule has 2 N–H and O–H groups in total. The number of nitrogens with zero attached hydrogens (tertiary/aromatic N) is 1. The summed E-state index contributed by atoms with van der Waals surface area (Å²) >= 11 is 7.38. The largest absolute Gasteiger partial charge is 0.493 e. The Kier molecular flexibility index (Phi) is 7.74. The average molecular weight is 508 g/mol. The number of nitrogens with one attached hydrogen (secondary N) is 2. The van der Waals surface area contributed by atoms with Crippen LogP contribution in [-0.4, -0.2) is 30.7 Å². The first kappa shape index (κ1) is 24.4. The molecule has 0 radical (unpaired) electrons. The fraction of sp³-hybridized carbons (Fsp3) is 0.115. The minimum atomic E-state index is -0.319. The van der Waals surface area contributed by atoms with Crippen LogP contribution >= 0.6 is 23.4 Å². The minimum absolute atomic E-state index is 0.231. The Morgan fingerprint density at radius 1 is 1.11 bits per heavy atom. The zero-order chi connectivity index (χ0) is 24.8. The number of halogens is 1. The molecule has 0 spiro atoms. The van der Waals surface area contributed by atoms with Gasteiger partial charge in [0.1, 0.15) is 0 Å². The van der Waals surface area contributed by atoms with Gasteiger partial charge in [0.25, 0.3) is 11.8 Å². The number of amidine groups is 1. The van der Waals surface area contributed by atoms with Gasteiger partial charge in [-0.1, -0.05) is 48.0 Å². The van der Waals surface area contributed by atoms with Gasteiger partial charge in [-0.2, -0.15) is 0 Å². The maximum Gasteiger partial charge on any atom is 0.264 e. The number of amides is 2. The zero-order valence-electron chi connectivity index (χ0n) is 19.0. The van der Waals surface area contributed by atoms with Crippen LogP contribution in [0.25, 0.3) is 6.08 Å². The van der Waals surface area contributed by atoms with Crippen LogP contribution in [0, 0.1) is 6.92 Å². The molecule has 3 aromatic rings. The van der Waals surface area contributed by atoms with Crippen molar-refractivity contribution in [3.8, 4) is 11.5 Å². The van der Waals surface area contributed by atoms with E-state index in [1.807, 2.05) is 31.2 Å². The van der Waals surface area contributed by atoms with E-state index in [0.717, 1.165) is 5.56 Å². The predicted molar refractivity (Wildman–Crippen MR) is 141 cm³/mol. The Labute approximate surface area is 212 Å². The predicted octanol–water partition coefficient (Wildman–Crippen LogP) is 5.57. The molecule has 1 aliphatic heterocycles. The fourth-order valence-electron chi connectivity index (χ4n) is 3.27. The van der Waals surface area contributed by atoms with E-state index in [1.165, 1.54) is 18.9 Å². The normalized spacial score (nSPS) is 15.2. The molecule has 1 aliphatic rings. The highest BCUT2D eigenvalue weighted by atomic mass is 35.5. The highest BCUT2D eigenvalue weighted by molar-refractivity contribution is 8.18. The lowest BCUT2D eigenvalue weighted by Crippen LogP contribution is -2.20. The Morgan fingerprint density at radius 2 is 1.89 bits per heavy atom. The van der Waals surface area contributed by atoms with Gasteiger partial charge in [0.05, 0.1) is 17.7 Å². The number of rotatable bonds is 7. The number of ether oxygens (including phenoxy) is 2. The Balaban J connectivity index is 1.54. The van der Waals surface area contributed by atoms with E-state index in [9.17, 15) is 9.59 Å². The monoisotopic (exact) mass is 507 g/mol. The molecule has 2 amide bonds. The maximum absolute atomic E-state index is 12.6. The van der Waals surface area contributed by atoms with Crippen LogP contribution < -0.4 is 20.1 Å². The third kappa shape index (κ3) is 6.03. The van der Waals surface area contributed by atoms with Crippen LogP contribution in [0.2, 0.25) is 5.02 Å². The van der Waals surface area contributed by atoms with Crippen molar-refractivity contribution in [3.05, 3.63) is 87.8 Å². The zero-order valence-corrected chi connectivity index (χ0v) is 20.6. The maximum atomic E-state index is 12.6. The highest BCUT2D eigenvalue weighted by Crippen LogP contribution is 2.36. The second-order valence-corrected chi connectivity index (χ2v) is 8.89. The number of hydrogen-bond donors (Lipinski definition) is 2. The molecule has 178 valence electrons. The van der Waals surface area contributed by atoms with E-state index in [4.69, 9.17) is 21.1 Å². The summed E-state index contributed by atoms with van der Waals surface area (Å²) in [4.78, 5) is 30.0. The quantitative estimate of drug-likeness (QED) is 0.408. The van der Waals surface area contributed by atoms with Crippen molar-refractivity contribution in [1.29, 1.82) is 0 Å². The lowest BCUT2D eigenvalue weighted by atomic mass is 10.1. The van der Waals surface area contributed by atoms with Gasteiger partial charge in [-0.05, 0) is 60.7 Å². The number of anilines is 1. The van der Waals surface area contributed by atoms with Crippen molar-refractivity contribution < 1.29 is 19.1 Å². The number of thioether (sulfide) groups is 1. The summed E-state index contributed by atoms with van der Waals surface area (Å²) in [5.74, 6) is 0.193. The lowest BCUT2D eigenvalue weighted by molar-refractivity contribution is -0.118. The summed E-state index contributed by atoms with van der Waals surface area (Å²) < 4.78 is 11.2. The van der Waals surface area contributed by atoms with Gasteiger partial charge in [-0.3, -0.25) is 9.59 Å². The second-order valence-electron chi connectivity index (χ2n) is 7.45. The molecule has 0 aliphatic carbocycles. The van der Waals surface area contributed by atoms with Crippen molar-refractivity contribution in [2.24, 2.45) is 4.99 Å². The summed E-state index contributed by atoms with van der Waals surface area (Å²) in [6.45, 7) is 1.64. The van der Waals surface area contributed by atoms with Crippen LogP contribution in [-0.2, 0) is 9.59 Å². The van der Waals surface area contributed by atoms with E-state index in [2.05, 4.69) is 15.6 Å². The van der Waals surface area contributed by atoms with E-state index in [-0.39, 0.29) is 18.4 Å². The van der Waals surface area contributed by atoms with E-state index >= 15 is 0 Å². The van der Waals surface area contributed by atoms with Crippen LogP contribution in [0.3, 0.4) is 0 Å². The van der Waals surface area contributed by atoms with Crippen molar-refractivity contribution in [1.82, 2.24) is 5.32 Å². The standard InChI is InChI=1S/C26H22ClN3O4S/c1-16-19(27)11-7-12-20(16)29-26-30-25(32)22(35-26)14-17-8-6-13-21(33-2)24(17)34-15-23(31)28-18-9-4-3-5-10-18/h3-14H,15H2,1-2H3,(H,28,31)(H,29,30,32)/b22-14+. The molecule has 0 saturated carbocycles. The summed E-state index contributed by atoms with van der Waals surface area (Å²) in [6, 6.07) is 19.8. The van der Waals surface area contributed by atoms with Crippen LogP contribution in [0.4, 0.5) is 11.4 Å². The van der Waals surface area contributed by atoms with E-state index in [1.54, 1.807) is 48.5 Å². The lowest BCUT2D eigenvalue weighted by Gasteiger charge is -2.13. The van der Waals surface area contributed by atoms with Crippen LogP contribution in [0.1, 0.15) is 11.1 Å². The van der Waals surface area contributed by atoms with Crippen molar-refractivity contribution >= 4 is 57.8 Å². The topological polar surface area (TPSA) is 89.0 Å². The third-order valence-corrected chi connectivity index (χ3v) is 6.35. The number of aliphatic imine (C=N–C) groups is 1. The Bertz CT molecular complexity index is 1330. The SMILES string of the molecule is COc1cccc(/C=C2/SC(=Nc3cccc(Cl)c3C)NC2=O)c1OCC(=O)Nc1ccccc1. The van der Waals surface area contributed by atoms with Gasteiger partial charge >= 0.3 is 0 Å². The highest BCUT2D eigenvalue weighted by Gasteiger charge is 2.25. The van der Waals surface area contributed by atoms with Gasteiger partial charge in [0.15, 0.2) is 23.3 Å². The van der Waals surface area contributed by atoms with Crippen molar-refractivity contribution in [2.45, 2.75) is 6.92 Å². The summed E-state index contributed by atoms with van der Waals surface area (Å²) in [6.07, 6.45) is 1.68. The smallest absolute Gasteiger partial charge is 0.264 e. The molecule has 1 heterocycles. The number of benzene rings is 3. The first-order valence-corrected chi connectivity index (χ1v) is 11.8. The van der Waals surface area contributed by atoms with Gasteiger partial charge in [0, 0.05) is 16.3 Å². The number of methoxy groups -OCH3 is 1. The molecule has 0 unspecified atom stereocenters. The number of para-hydroxylation sites is 2. The van der Waals surface area contributed by atoms with Gasteiger partial charge in [-0.15, -0.1) is 0 Å². The number of hydrogen-bond acceptors (Lipinski definition) is 6. The molecular formula is C26H22ClN3O4S. The third-order valence-electron chi connectivity index (χ3n) is 5.03. The molecule has 3 aromatic carbocycles. The molecule has 9 heteroatoms. The average Bonchev–Trinajstić information content (AvgIpc) is 3.20. The molecule has 1 saturated heterocycles. The molecule has 0 aromatic heterocycles.